The van der Waals surface area contributed by atoms with Crippen molar-refractivity contribution in [2.75, 3.05) is 19.6 Å². The lowest BCUT2D eigenvalue weighted by atomic mass is 10.1. The van der Waals surface area contributed by atoms with Gasteiger partial charge in [-0.2, -0.15) is 0 Å². The molecular weight excluding hydrogens is 141 g/mol. The minimum Gasteiger partial charge on any atom is -0.300 e. The van der Waals surface area contributed by atoms with E-state index in [-0.39, 0.29) is 5.83 Å². The second-order valence-electron chi connectivity index (χ2n) is 3.15. The molecule has 0 radical (unpaired) electrons. The van der Waals surface area contributed by atoms with Crippen molar-refractivity contribution in [1.82, 2.24) is 4.90 Å². The molecular formula is C9H16FN. The van der Waals surface area contributed by atoms with Gasteiger partial charge >= 0.3 is 0 Å². The van der Waals surface area contributed by atoms with E-state index in [2.05, 4.69) is 4.90 Å². The highest BCUT2D eigenvalue weighted by atomic mass is 19.1. The van der Waals surface area contributed by atoms with E-state index in [1.54, 1.807) is 6.08 Å². The van der Waals surface area contributed by atoms with Gasteiger partial charge in [0.1, 0.15) is 0 Å². The normalized spacial score (nSPS) is 22.2. The standard InChI is InChI=1S/C9H16FN/c1-9(10)5-8-11-6-3-2-4-7-11/h5H,2-4,6-8H2,1H3/b9-5-. The molecule has 2 heteroatoms. The molecule has 1 aliphatic heterocycles. The third-order valence-corrected chi connectivity index (χ3v) is 2.08. The van der Waals surface area contributed by atoms with Gasteiger partial charge in [-0.05, 0) is 38.9 Å². The lowest BCUT2D eigenvalue weighted by Gasteiger charge is -2.24. The van der Waals surface area contributed by atoms with Crippen molar-refractivity contribution in [1.29, 1.82) is 0 Å². The zero-order valence-electron chi connectivity index (χ0n) is 7.15. The summed E-state index contributed by atoms with van der Waals surface area (Å²) in [5.41, 5.74) is 0. The molecule has 1 rings (SSSR count). The summed E-state index contributed by atoms with van der Waals surface area (Å²) in [5.74, 6) is -0.0597. The highest BCUT2D eigenvalue weighted by Crippen LogP contribution is 2.08. The van der Waals surface area contributed by atoms with Crippen LogP contribution in [0.1, 0.15) is 26.2 Å². The lowest BCUT2D eigenvalue weighted by Crippen LogP contribution is -2.29. The van der Waals surface area contributed by atoms with E-state index >= 15 is 0 Å². The first-order valence-corrected chi connectivity index (χ1v) is 4.33. The van der Waals surface area contributed by atoms with Crippen LogP contribution >= 0.6 is 0 Å². The van der Waals surface area contributed by atoms with E-state index in [1.165, 1.54) is 26.2 Å². The number of likely N-dealkylation sites (tertiary alicyclic amines) is 1. The maximum Gasteiger partial charge on any atom is 0.0941 e. The van der Waals surface area contributed by atoms with Crippen LogP contribution in [0.2, 0.25) is 0 Å². The first kappa shape index (κ1) is 8.72. The summed E-state index contributed by atoms with van der Waals surface area (Å²) < 4.78 is 12.3. The number of allylic oxidation sites excluding steroid dienone is 1. The van der Waals surface area contributed by atoms with Gasteiger partial charge in [-0.25, -0.2) is 4.39 Å². The quantitative estimate of drug-likeness (QED) is 0.594. The van der Waals surface area contributed by atoms with Crippen LogP contribution in [0.5, 0.6) is 0 Å². The van der Waals surface area contributed by atoms with Crippen molar-refractivity contribution < 1.29 is 4.39 Å². The van der Waals surface area contributed by atoms with Gasteiger partial charge in [-0.15, -0.1) is 0 Å². The Kier molecular flexibility index (Phi) is 3.57. The SMILES string of the molecule is C/C(F)=C/CN1CCCCC1. The summed E-state index contributed by atoms with van der Waals surface area (Å²) in [4.78, 5) is 2.30. The Labute approximate surface area is 67.9 Å². The molecule has 1 aliphatic rings. The fourth-order valence-electron chi connectivity index (χ4n) is 1.40. The molecule has 11 heavy (non-hydrogen) atoms. The molecule has 1 saturated heterocycles. The Morgan fingerprint density at radius 3 is 2.55 bits per heavy atom. The molecule has 0 aromatic rings. The fraction of sp³-hybridized carbons (Fsp3) is 0.778. The molecule has 0 unspecified atom stereocenters. The third kappa shape index (κ3) is 3.51. The molecule has 1 heterocycles. The molecule has 0 N–H and O–H groups in total. The molecule has 1 fully saturated rings. The second-order valence-corrected chi connectivity index (χ2v) is 3.15. The Bertz CT molecular complexity index is 132. The number of hydrogen-bond acceptors (Lipinski definition) is 1. The molecule has 0 spiro atoms. The van der Waals surface area contributed by atoms with Crippen LogP contribution < -0.4 is 0 Å². The monoisotopic (exact) mass is 157 g/mol. The van der Waals surface area contributed by atoms with Crippen LogP contribution in [0.3, 0.4) is 0 Å². The summed E-state index contributed by atoms with van der Waals surface area (Å²) in [7, 11) is 0. The predicted octanol–water partition coefficient (Wildman–Crippen LogP) is 2.35. The lowest BCUT2D eigenvalue weighted by molar-refractivity contribution is 0.250. The topological polar surface area (TPSA) is 3.24 Å². The van der Waals surface area contributed by atoms with Crippen LogP contribution in [0.15, 0.2) is 11.9 Å². The van der Waals surface area contributed by atoms with Gasteiger partial charge in [-0.3, -0.25) is 4.90 Å². The highest BCUT2D eigenvalue weighted by Gasteiger charge is 2.07. The summed E-state index contributed by atoms with van der Waals surface area (Å²) in [6.07, 6.45) is 5.55. The van der Waals surface area contributed by atoms with E-state index in [1.807, 2.05) is 0 Å². The second kappa shape index (κ2) is 4.50. The van der Waals surface area contributed by atoms with Crippen molar-refractivity contribution >= 4 is 0 Å². The molecule has 64 valence electrons. The maximum absolute atomic E-state index is 12.3. The average molecular weight is 157 g/mol. The molecule has 1 nitrogen and oxygen atoms in total. The van der Waals surface area contributed by atoms with Gasteiger partial charge in [0.2, 0.25) is 0 Å². The Hall–Kier alpha value is -0.370. The minimum atomic E-state index is -0.0597. The summed E-state index contributed by atoms with van der Waals surface area (Å²) >= 11 is 0. The van der Waals surface area contributed by atoms with Crippen LogP contribution in [-0.4, -0.2) is 24.5 Å². The van der Waals surface area contributed by atoms with Crippen molar-refractivity contribution in [2.45, 2.75) is 26.2 Å². The van der Waals surface area contributed by atoms with E-state index in [0.717, 1.165) is 19.6 Å². The number of halogens is 1. The van der Waals surface area contributed by atoms with Crippen molar-refractivity contribution in [2.24, 2.45) is 0 Å². The molecule has 0 atom stereocenters. The fourth-order valence-corrected chi connectivity index (χ4v) is 1.40. The first-order chi connectivity index (χ1) is 5.29. The summed E-state index contributed by atoms with van der Waals surface area (Å²) in [6.45, 7) is 4.58. The Morgan fingerprint density at radius 1 is 1.36 bits per heavy atom. The largest absolute Gasteiger partial charge is 0.300 e. The van der Waals surface area contributed by atoms with Crippen molar-refractivity contribution in [3.05, 3.63) is 11.9 Å². The van der Waals surface area contributed by atoms with Gasteiger partial charge < -0.3 is 0 Å². The Balaban J connectivity index is 2.19. The van der Waals surface area contributed by atoms with Crippen molar-refractivity contribution in [3.8, 4) is 0 Å². The molecule has 0 amide bonds. The van der Waals surface area contributed by atoms with Crippen LogP contribution in [0.4, 0.5) is 4.39 Å². The highest BCUT2D eigenvalue weighted by molar-refractivity contribution is 4.89. The van der Waals surface area contributed by atoms with E-state index in [0.29, 0.717) is 0 Å². The van der Waals surface area contributed by atoms with E-state index < -0.39 is 0 Å². The molecule has 0 saturated carbocycles. The van der Waals surface area contributed by atoms with Gasteiger partial charge in [-0.1, -0.05) is 6.42 Å². The first-order valence-electron chi connectivity index (χ1n) is 4.33. The number of hydrogen-bond donors (Lipinski definition) is 0. The smallest absolute Gasteiger partial charge is 0.0941 e. The summed E-state index contributed by atoms with van der Waals surface area (Å²) in [6, 6.07) is 0. The van der Waals surface area contributed by atoms with Gasteiger partial charge in [0.25, 0.3) is 0 Å². The van der Waals surface area contributed by atoms with Gasteiger partial charge in [0, 0.05) is 6.54 Å². The van der Waals surface area contributed by atoms with E-state index in [9.17, 15) is 4.39 Å². The maximum atomic E-state index is 12.3. The molecule has 0 aromatic carbocycles. The van der Waals surface area contributed by atoms with Crippen LogP contribution in [0.25, 0.3) is 0 Å². The number of rotatable bonds is 2. The third-order valence-electron chi connectivity index (χ3n) is 2.08. The molecule has 0 bridgehead atoms. The minimum absolute atomic E-state index is 0.0597. The molecule has 0 aliphatic carbocycles. The predicted molar refractivity (Wildman–Crippen MR) is 45.2 cm³/mol. The van der Waals surface area contributed by atoms with Crippen molar-refractivity contribution in [3.63, 3.8) is 0 Å². The zero-order valence-corrected chi connectivity index (χ0v) is 7.15. The molecule has 0 aromatic heterocycles. The number of piperidine rings is 1. The zero-order chi connectivity index (χ0) is 8.10. The van der Waals surface area contributed by atoms with Crippen LogP contribution in [-0.2, 0) is 0 Å². The van der Waals surface area contributed by atoms with E-state index in [4.69, 9.17) is 0 Å². The number of nitrogens with zero attached hydrogens (tertiary/aromatic N) is 1. The Morgan fingerprint density at radius 2 is 2.00 bits per heavy atom. The summed E-state index contributed by atoms with van der Waals surface area (Å²) in [5, 5.41) is 0. The van der Waals surface area contributed by atoms with Crippen LogP contribution in [0, 0.1) is 0 Å². The van der Waals surface area contributed by atoms with Gasteiger partial charge in [0.05, 0.1) is 5.83 Å². The van der Waals surface area contributed by atoms with Gasteiger partial charge in [0.15, 0.2) is 0 Å². The average Bonchev–Trinajstić information content (AvgIpc) is 2.03.